The highest BCUT2D eigenvalue weighted by molar-refractivity contribution is 5.98. The summed E-state index contributed by atoms with van der Waals surface area (Å²) in [6, 6.07) is 16.9. The Labute approximate surface area is 314 Å². The molecule has 7 atom stereocenters. The van der Waals surface area contributed by atoms with Crippen molar-refractivity contribution in [1.29, 1.82) is 0 Å². The molecule has 2 bridgehead atoms. The molecule has 3 fully saturated rings. The van der Waals surface area contributed by atoms with Crippen LogP contribution in [0.25, 0.3) is 0 Å². The van der Waals surface area contributed by atoms with E-state index in [4.69, 9.17) is 9.47 Å². The average molecular weight is 728 g/mol. The summed E-state index contributed by atoms with van der Waals surface area (Å²) in [4.78, 5) is 60.5. The van der Waals surface area contributed by atoms with Gasteiger partial charge in [0.25, 0.3) is 0 Å². The van der Waals surface area contributed by atoms with Crippen LogP contribution in [-0.4, -0.2) is 87.6 Å². The topological polar surface area (TPSA) is 125 Å². The Kier molecular flexibility index (Phi) is 12.3. The van der Waals surface area contributed by atoms with E-state index in [0.29, 0.717) is 37.7 Å². The van der Waals surface area contributed by atoms with Gasteiger partial charge >= 0.3 is 5.97 Å². The van der Waals surface area contributed by atoms with Gasteiger partial charge in [0.1, 0.15) is 17.7 Å². The molecule has 1 spiro atoms. The highest BCUT2D eigenvalue weighted by Gasteiger charge is 2.76. The second-order valence-corrected chi connectivity index (χ2v) is 16.6. The number of hydrogen-bond donors (Lipinski definition) is 2. The van der Waals surface area contributed by atoms with Crippen molar-refractivity contribution in [3.8, 4) is 0 Å². The molecule has 0 radical (unpaired) electrons. The van der Waals surface area contributed by atoms with E-state index in [9.17, 15) is 19.5 Å². The van der Waals surface area contributed by atoms with Gasteiger partial charge in [0, 0.05) is 18.5 Å². The molecule has 3 aliphatic heterocycles. The molecule has 3 aliphatic rings. The van der Waals surface area contributed by atoms with Gasteiger partial charge in [-0.1, -0.05) is 93.6 Å². The molecule has 3 heterocycles. The molecule has 286 valence electrons. The Morgan fingerprint density at radius 3 is 2.32 bits per heavy atom. The third-order valence-corrected chi connectivity index (χ3v) is 10.9. The predicted octanol–water partition coefficient (Wildman–Crippen LogP) is 5.56. The van der Waals surface area contributed by atoms with E-state index in [2.05, 4.69) is 39.2 Å². The first-order valence-electron chi connectivity index (χ1n) is 18.9. The smallest absolute Gasteiger partial charge is 0.313 e. The second kappa shape index (κ2) is 16.4. The van der Waals surface area contributed by atoms with Crippen molar-refractivity contribution >= 4 is 23.7 Å². The summed E-state index contributed by atoms with van der Waals surface area (Å²) >= 11 is 0. The minimum Gasteiger partial charge on any atom is -0.455 e. The maximum absolute atomic E-state index is 15.2. The largest absolute Gasteiger partial charge is 0.455 e. The summed E-state index contributed by atoms with van der Waals surface area (Å²) < 4.78 is 13.0. The van der Waals surface area contributed by atoms with E-state index in [-0.39, 0.29) is 43.3 Å². The Bertz CT molecular complexity index is 1640. The maximum atomic E-state index is 15.2. The van der Waals surface area contributed by atoms with Crippen LogP contribution in [0.1, 0.15) is 84.0 Å². The van der Waals surface area contributed by atoms with E-state index in [1.807, 2.05) is 74.5 Å². The number of rotatable bonds is 17. The van der Waals surface area contributed by atoms with Crippen LogP contribution in [-0.2, 0) is 35.1 Å². The number of likely N-dealkylation sites (tertiary alicyclic amines) is 1. The van der Waals surface area contributed by atoms with Crippen LogP contribution in [0.3, 0.4) is 0 Å². The van der Waals surface area contributed by atoms with Crippen LogP contribution in [0.5, 0.6) is 0 Å². The van der Waals surface area contributed by atoms with Crippen LogP contribution in [0.4, 0.5) is 0 Å². The van der Waals surface area contributed by atoms with Gasteiger partial charge in [0.2, 0.25) is 17.7 Å². The number of esters is 1. The Hall–Kier alpha value is -4.28. The highest BCUT2D eigenvalue weighted by atomic mass is 16.6. The first kappa shape index (κ1) is 39.9. The number of amides is 3. The highest BCUT2D eigenvalue weighted by Crippen LogP contribution is 2.59. The summed E-state index contributed by atoms with van der Waals surface area (Å²) in [6.07, 6.45) is 4.53. The number of carbonyl (C=O) groups excluding carboxylic acids is 4. The quantitative estimate of drug-likeness (QED) is 0.162. The minimum atomic E-state index is -1.30. The number of benzene rings is 2. The molecular formula is C43H57N3O7. The predicted molar refractivity (Wildman–Crippen MR) is 203 cm³/mol. The van der Waals surface area contributed by atoms with Gasteiger partial charge in [-0.25, -0.2) is 0 Å². The van der Waals surface area contributed by atoms with Crippen molar-refractivity contribution in [1.82, 2.24) is 15.1 Å². The van der Waals surface area contributed by atoms with E-state index >= 15 is 4.79 Å². The van der Waals surface area contributed by atoms with E-state index in [0.717, 1.165) is 5.56 Å². The van der Waals surface area contributed by atoms with Crippen LogP contribution >= 0.6 is 0 Å². The summed E-state index contributed by atoms with van der Waals surface area (Å²) in [6.45, 7) is 18.0. The fourth-order valence-electron chi connectivity index (χ4n) is 9.12. The molecule has 3 saturated heterocycles. The molecule has 0 saturated carbocycles. The lowest BCUT2D eigenvalue weighted by atomic mass is 9.70. The van der Waals surface area contributed by atoms with Crippen molar-refractivity contribution in [2.75, 3.05) is 19.7 Å². The van der Waals surface area contributed by atoms with Gasteiger partial charge in [-0.3, -0.25) is 19.2 Å². The molecule has 2 N–H and O–H groups in total. The third kappa shape index (κ3) is 8.44. The van der Waals surface area contributed by atoms with Gasteiger partial charge in [0.15, 0.2) is 0 Å². The molecule has 5 rings (SSSR count). The van der Waals surface area contributed by atoms with Crippen molar-refractivity contribution in [2.45, 2.75) is 109 Å². The van der Waals surface area contributed by atoms with E-state index < -0.39 is 59.1 Å². The maximum Gasteiger partial charge on any atom is 0.313 e. The molecule has 3 amide bonds. The molecule has 0 aromatic heterocycles. The number of fused-ring (bicyclic) bond motifs is 1. The molecule has 10 heteroatoms. The fourth-order valence-corrected chi connectivity index (χ4v) is 9.12. The van der Waals surface area contributed by atoms with Crippen molar-refractivity contribution in [2.24, 2.45) is 17.3 Å². The zero-order chi connectivity index (χ0) is 38.6. The first-order chi connectivity index (χ1) is 25.2. The van der Waals surface area contributed by atoms with Crippen molar-refractivity contribution in [3.05, 3.63) is 97.1 Å². The number of carbonyl (C=O) groups is 4. The molecule has 0 unspecified atom stereocenters. The zero-order valence-corrected chi connectivity index (χ0v) is 32.0. The van der Waals surface area contributed by atoms with Crippen LogP contribution in [0, 0.1) is 17.3 Å². The SMILES string of the molecule is C=CCCC(=O)NC[C@H](OC(=O)[C@@H]1[C@@H]2CC[C@]3(O2)[C@H](C(=O)N(CC=C)C(C)(C)CC(C)(C)C)N([C@@H](CO)Cc2ccccc2)C(=O)[C@@H]13)c1ccccc1. The second-order valence-electron chi connectivity index (χ2n) is 16.6. The Balaban J connectivity index is 1.53. The average Bonchev–Trinajstić information content (AvgIpc) is 3.77. The third-order valence-electron chi connectivity index (χ3n) is 10.9. The van der Waals surface area contributed by atoms with Gasteiger partial charge in [-0.2, -0.15) is 0 Å². The lowest BCUT2D eigenvalue weighted by molar-refractivity contribution is -0.161. The summed E-state index contributed by atoms with van der Waals surface area (Å²) in [5.41, 5.74) is -0.452. The Morgan fingerprint density at radius 1 is 1.06 bits per heavy atom. The fraction of sp³-hybridized carbons (Fsp3) is 0.535. The number of nitrogens with zero attached hydrogens (tertiary/aromatic N) is 2. The molecule has 10 nitrogen and oxygen atoms in total. The van der Waals surface area contributed by atoms with Crippen molar-refractivity contribution < 1.29 is 33.8 Å². The number of nitrogens with one attached hydrogen (secondary N) is 1. The molecule has 2 aromatic rings. The molecule has 53 heavy (non-hydrogen) atoms. The van der Waals surface area contributed by atoms with Gasteiger partial charge in [0.05, 0.1) is 37.1 Å². The van der Waals surface area contributed by atoms with Crippen LogP contribution < -0.4 is 5.32 Å². The number of hydrogen-bond acceptors (Lipinski definition) is 7. The van der Waals surface area contributed by atoms with Crippen LogP contribution in [0.2, 0.25) is 0 Å². The van der Waals surface area contributed by atoms with E-state index in [1.54, 1.807) is 17.1 Å². The van der Waals surface area contributed by atoms with Gasteiger partial charge in [-0.15, -0.1) is 13.2 Å². The summed E-state index contributed by atoms with van der Waals surface area (Å²) in [7, 11) is 0. The Morgan fingerprint density at radius 2 is 1.72 bits per heavy atom. The molecule has 0 aliphatic carbocycles. The first-order valence-corrected chi connectivity index (χ1v) is 18.9. The number of aliphatic hydroxyl groups is 1. The lowest BCUT2D eigenvalue weighted by Crippen LogP contribution is -2.62. The monoisotopic (exact) mass is 727 g/mol. The number of allylic oxidation sites excluding steroid dienone is 1. The lowest BCUT2D eigenvalue weighted by Gasteiger charge is -2.46. The standard InChI is InChI=1S/C43H57N3O7/c1-8-10-21-34(48)44-26-33(30-19-15-12-16-20-30)52-40(51)35-32-22-23-43(53-32)36(35)38(49)46(31(27-47)25-29-17-13-11-14-18-29)37(43)39(50)45(24-9-2)42(6,7)28-41(3,4)5/h8-9,11-20,31-33,35-37,47H,1-2,10,21-28H2,3-7H3,(H,44,48)/t31-,32+,33+,35-,36-,37+,43-/m1/s1. The number of aliphatic hydroxyl groups excluding tert-OH is 1. The summed E-state index contributed by atoms with van der Waals surface area (Å²) in [5, 5.41) is 13.8. The zero-order valence-electron chi connectivity index (χ0n) is 32.0. The minimum absolute atomic E-state index is 0.0456. The number of ether oxygens (including phenoxy) is 2. The molecular weight excluding hydrogens is 670 g/mol. The van der Waals surface area contributed by atoms with Crippen molar-refractivity contribution in [3.63, 3.8) is 0 Å². The normalized spacial score (nSPS) is 24.6. The van der Waals surface area contributed by atoms with Gasteiger partial charge < -0.3 is 29.7 Å². The summed E-state index contributed by atoms with van der Waals surface area (Å²) in [5.74, 6) is -3.48. The molecule has 2 aromatic carbocycles. The van der Waals surface area contributed by atoms with E-state index in [1.165, 1.54) is 4.90 Å². The van der Waals surface area contributed by atoms with Crippen LogP contribution in [0.15, 0.2) is 86.0 Å². The van der Waals surface area contributed by atoms with Gasteiger partial charge in [-0.05, 0) is 62.5 Å².